The third kappa shape index (κ3) is 3.53. The number of aromatic nitrogens is 2. The first-order valence-electron chi connectivity index (χ1n) is 7.48. The molecule has 122 valence electrons. The number of nitrogens with zero attached hydrogens (tertiary/aromatic N) is 4. The second-order valence-corrected chi connectivity index (χ2v) is 5.77. The third-order valence-electron chi connectivity index (χ3n) is 4.10. The van der Waals surface area contributed by atoms with E-state index in [1.54, 1.807) is 13.0 Å². The molecule has 0 radical (unpaired) electrons. The number of aryl methyl sites for hydroxylation is 1. The Bertz CT molecular complexity index is 710. The van der Waals surface area contributed by atoms with Crippen molar-refractivity contribution >= 4 is 5.69 Å². The van der Waals surface area contributed by atoms with Gasteiger partial charge in [-0.3, -0.25) is 15.0 Å². The SMILES string of the molecule is Cc1noc(C2CCN(Cc3ccc([N+](=O)[O-])c(F)c3)CC2)n1. The van der Waals surface area contributed by atoms with Crippen LogP contribution in [-0.2, 0) is 6.54 Å². The minimum absolute atomic E-state index is 0.265. The summed E-state index contributed by atoms with van der Waals surface area (Å²) in [5.41, 5.74) is 0.249. The van der Waals surface area contributed by atoms with Crippen LogP contribution in [0.2, 0.25) is 0 Å². The summed E-state index contributed by atoms with van der Waals surface area (Å²) >= 11 is 0. The largest absolute Gasteiger partial charge is 0.339 e. The van der Waals surface area contributed by atoms with Crippen molar-refractivity contribution in [1.29, 1.82) is 0 Å². The molecule has 8 heteroatoms. The lowest BCUT2D eigenvalue weighted by Gasteiger charge is -2.30. The summed E-state index contributed by atoms with van der Waals surface area (Å²) in [5.74, 6) is 0.803. The second kappa shape index (κ2) is 6.41. The molecule has 0 atom stereocenters. The van der Waals surface area contributed by atoms with Crippen molar-refractivity contribution in [2.75, 3.05) is 13.1 Å². The van der Waals surface area contributed by atoms with Crippen molar-refractivity contribution in [2.45, 2.75) is 32.2 Å². The van der Waals surface area contributed by atoms with Gasteiger partial charge in [-0.1, -0.05) is 11.2 Å². The third-order valence-corrected chi connectivity index (χ3v) is 4.10. The van der Waals surface area contributed by atoms with E-state index in [0.717, 1.165) is 31.5 Å². The number of rotatable bonds is 4. The van der Waals surface area contributed by atoms with Crippen LogP contribution in [-0.4, -0.2) is 33.1 Å². The smallest absolute Gasteiger partial charge is 0.304 e. The lowest BCUT2D eigenvalue weighted by atomic mass is 9.96. The number of nitro groups is 1. The fraction of sp³-hybridized carbons (Fsp3) is 0.467. The van der Waals surface area contributed by atoms with E-state index in [-0.39, 0.29) is 5.92 Å². The van der Waals surface area contributed by atoms with Crippen LogP contribution in [0, 0.1) is 22.9 Å². The highest BCUT2D eigenvalue weighted by atomic mass is 19.1. The molecule has 1 fully saturated rings. The van der Waals surface area contributed by atoms with Crippen LogP contribution < -0.4 is 0 Å². The van der Waals surface area contributed by atoms with Gasteiger partial charge in [0, 0.05) is 18.5 Å². The van der Waals surface area contributed by atoms with Gasteiger partial charge >= 0.3 is 5.69 Å². The lowest BCUT2D eigenvalue weighted by Crippen LogP contribution is -2.32. The summed E-state index contributed by atoms with van der Waals surface area (Å²) in [6.45, 7) is 4.05. The van der Waals surface area contributed by atoms with E-state index >= 15 is 0 Å². The summed E-state index contributed by atoms with van der Waals surface area (Å²) < 4.78 is 18.9. The zero-order chi connectivity index (χ0) is 16.4. The summed E-state index contributed by atoms with van der Waals surface area (Å²) in [6, 6.07) is 4.07. The van der Waals surface area contributed by atoms with Gasteiger partial charge in [0.2, 0.25) is 11.7 Å². The predicted molar refractivity (Wildman–Crippen MR) is 79.3 cm³/mol. The Balaban J connectivity index is 1.58. The lowest BCUT2D eigenvalue weighted by molar-refractivity contribution is -0.387. The average molecular weight is 320 g/mol. The number of benzene rings is 1. The molecule has 2 heterocycles. The maximum Gasteiger partial charge on any atom is 0.304 e. The van der Waals surface area contributed by atoms with E-state index in [4.69, 9.17) is 4.52 Å². The first-order chi connectivity index (χ1) is 11.0. The number of hydrogen-bond donors (Lipinski definition) is 0. The topological polar surface area (TPSA) is 85.3 Å². The van der Waals surface area contributed by atoms with Gasteiger partial charge in [-0.05, 0) is 44.5 Å². The van der Waals surface area contributed by atoms with Crippen molar-refractivity contribution < 1.29 is 13.8 Å². The van der Waals surface area contributed by atoms with Crippen molar-refractivity contribution in [2.24, 2.45) is 0 Å². The molecule has 3 rings (SSSR count). The molecule has 0 bridgehead atoms. The molecule has 0 unspecified atom stereocenters. The van der Waals surface area contributed by atoms with Crippen LogP contribution in [0.3, 0.4) is 0 Å². The van der Waals surface area contributed by atoms with Gasteiger partial charge < -0.3 is 4.52 Å². The van der Waals surface area contributed by atoms with E-state index < -0.39 is 16.4 Å². The van der Waals surface area contributed by atoms with E-state index in [2.05, 4.69) is 15.0 Å². The number of nitro benzene ring substituents is 1. The number of likely N-dealkylation sites (tertiary alicyclic amines) is 1. The minimum atomic E-state index is -0.788. The van der Waals surface area contributed by atoms with Gasteiger partial charge in [0.1, 0.15) is 0 Å². The van der Waals surface area contributed by atoms with Gasteiger partial charge in [0.05, 0.1) is 4.92 Å². The monoisotopic (exact) mass is 320 g/mol. The molecule has 0 saturated carbocycles. The Morgan fingerprint density at radius 2 is 2.17 bits per heavy atom. The first kappa shape index (κ1) is 15.5. The Morgan fingerprint density at radius 3 is 2.74 bits per heavy atom. The van der Waals surface area contributed by atoms with Crippen LogP contribution in [0.5, 0.6) is 0 Å². The van der Waals surface area contributed by atoms with E-state index in [1.807, 2.05) is 0 Å². The molecule has 2 aromatic rings. The highest BCUT2D eigenvalue weighted by Crippen LogP contribution is 2.28. The Kier molecular flexibility index (Phi) is 4.33. The van der Waals surface area contributed by atoms with Gasteiger partial charge in [-0.2, -0.15) is 9.37 Å². The number of hydrogen-bond acceptors (Lipinski definition) is 6. The average Bonchev–Trinajstić information content (AvgIpc) is 2.94. The number of piperidine rings is 1. The Labute approximate surface area is 132 Å². The quantitative estimate of drug-likeness (QED) is 0.636. The standard InChI is InChI=1S/C15H17FN4O3/c1-10-17-15(23-18-10)12-4-6-19(7-5-12)9-11-2-3-14(20(21)22)13(16)8-11/h2-3,8,12H,4-7,9H2,1H3. The normalized spacial score (nSPS) is 16.6. The molecule has 1 aromatic heterocycles. The highest BCUT2D eigenvalue weighted by molar-refractivity contribution is 5.35. The van der Waals surface area contributed by atoms with Crippen molar-refractivity contribution in [3.8, 4) is 0 Å². The first-order valence-corrected chi connectivity index (χ1v) is 7.48. The molecule has 1 aromatic carbocycles. The van der Waals surface area contributed by atoms with E-state index in [1.165, 1.54) is 12.1 Å². The highest BCUT2D eigenvalue weighted by Gasteiger charge is 2.25. The molecular weight excluding hydrogens is 303 g/mol. The van der Waals surface area contributed by atoms with Gasteiger partial charge in [0.25, 0.3) is 0 Å². The van der Waals surface area contributed by atoms with Crippen LogP contribution in [0.15, 0.2) is 22.7 Å². The number of halogens is 1. The predicted octanol–water partition coefficient (Wildman–Crippen LogP) is 2.80. The van der Waals surface area contributed by atoms with E-state index in [9.17, 15) is 14.5 Å². The van der Waals surface area contributed by atoms with Crippen molar-refractivity contribution in [3.05, 3.63) is 51.4 Å². The summed E-state index contributed by atoms with van der Waals surface area (Å²) in [4.78, 5) is 16.4. The zero-order valence-electron chi connectivity index (χ0n) is 12.7. The van der Waals surface area contributed by atoms with Gasteiger partial charge in [-0.15, -0.1) is 0 Å². The molecular formula is C15H17FN4O3. The van der Waals surface area contributed by atoms with Crippen LogP contribution in [0.4, 0.5) is 10.1 Å². The summed E-state index contributed by atoms with van der Waals surface area (Å²) in [5, 5.41) is 14.4. The molecule has 7 nitrogen and oxygen atoms in total. The van der Waals surface area contributed by atoms with Crippen LogP contribution in [0.1, 0.15) is 36.0 Å². The summed E-state index contributed by atoms with van der Waals surface area (Å²) in [6.07, 6.45) is 1.80. The maximum absolute atomic E-state index is 13.7. The second-order valence-electron chi connectivity index (χ2n) is 5.77. The zero-order valence-corrected chi connectivity index (χ0v) is 12.7. The maximum atomic E-state index is 13.7. The Morgan fingerprint density at radius 1 is 1.43 bits per heavy atom. The van der Waals surface area contributed by atoms with Gasteiger partial charge in [0.15, 0.2) is 5.82 Å². The fourth-order valence-electron chi connectivity index (χ4n) is 2.87. The molecule has 0 aliphatic carbocycles. The molecule has 0 amide bonds. The summed E-state index contributed by atoms with van der Waals surface area (Å²) in [7, 11) is 0. The Hall–Kier alpha value is -2.35. The molecule has 1 aliphatic rings. The molecule has 0 spiro atoms. The molecule has 1 aliphatic heterocycles. The fourth-order valence-corrected chi connectivity index (χ4v) is 2.87. The van der Waals surface area contributed by atoms with Gasteiger partial charge in [-0.25, -0.2) is 0 Å². The molecule has 1 saturated heterocycles. The van der Waals surface area contributed by atoms with Crippen LogP contribution in [0.25, 0.3) is 0 Å². The van der Waals surface area contributed by atoms with Crippen molar-refractivity contribution in [3.63, 3.8) is 0 Å². The van der Waals surface area contributed by atoms with Crippen molar-refractivity contribution in [1.82, 2.24) is 15.0 Å². The van der Waals surface area contributed by atoms with Crippen LogP contribution >= 0.6 is 0 Å². The minimum Gasteiger partial charge on any atom is -0.339 e. The molecule has 23 heavy (non-hydrogen) atoms. The molecule has 0 N–H and O–H groups in total. The van der Waals surface area contributed by atoms with E-state index in [0.29, 0.717) is 18.3 Å².